The van der Waals surface area contributed by atoms with Gasteiger partial charge in [-0.2, -0.15) is 0 Å². The molecule has 0 fully saturated rings. The zero-order valence-electron chi connectivity index (χ0n) is 11.5. The van der Waals surface area contributed by atoms with E-state index in [-0.39, 0.29) is 19.4 Å². The van der Waals surface area contributed by atoms with Gasteiger partial charge in [0.15, 0.2) is 0 Å². The van der Waals surface area contributed by atoms with E-state index in [1.165, 1.54) is 0 Å². The first kappa shape index (κ1) is 19.9. The van der Waals surface area contributed by atoms with Crippen LogP contribution in [0.3, 0.4) is 0 Å². The van der Waals surface area contributed by atoms with Gasteiger partial charge in [0.05, 0.1) is 25.0 Å². The number of hydrogen-bond acceptors (Lipinski definition) is 4. The fourth-order valence-corrected chi connectivity index (χ4v) is 6.18. The van der Waals surface area contributed by atoms with Crippen LogP contribution in [0.1, 0.15) is 28.4 Å². The van der Waals surface area contributed by atoms with E-state index in [0.717, 1.165) is 3.57 Å². The number of halogens is 3. The van der Waals surface area contributed by atoms with Crippen LogP contribution in [-0.2, 0) is 27.2 Å². The molecule has 0 aliphatic heterocycles. The molecule has 0 aliphatic rings. The predicted octanol–water partition coefficient (Wildman–Crippen LogP) is 1.73. The average molecular weight is 642 g/mol. The van der Waals surface area contributed by atoms with Crippen molar-refractivity contribution in [2.75, 3.05) is 6.61 Å². The van der Waals surface area contributed by atoms with Gasteiger partial charge in [0.2, 0.25) is 11.8 Å². The maximum Gasteiger partial charge on any atom is 0.340 e. The number of carbonyl (C=O) groups excluding carboxylic acids is 3. The molecule has 0 heterocycles. The zero-order chi connectivity index (χ0) is 17.0. The Morgan fingerprint density at radius 1 is 0.909 bits per heavy atom. The molecule has 0 unspecified atom stereocenters. The third-order valence-electron chi connectivity index (χ3n) is 2.68. The Hall–Kier alpha value is -0.180. The first-order valence-electron chi connectivity index (χ1n) is 6.12. The number of hydrogen-bond donors (Lipinski definition) is 2. The van der Waals surface area contributed by atoms with Crippen molar-refractivity contribution in [1.82, 2.24) is 0 Å². The van der Waals surface area contributed by atoms with E-state index in [1.54, 1.807) is 6.92 Å². The number of benzene rings is 1. The zero-order valence-corrected chi connectivity index (χ0v) is 18.0. The van der Waals surface area contributed by atoms with Crippen molar-refractivity contribution in [2.45, 2.75) is 19.8 Å². The van der Waals surface area contributed by atoms with Crippen molar-refractivity contribution in [3.8, 4) is 0 Å². The van der Waals surface area contributed by atoms with Gasteiger partial charge in [-0.05, 0) is 85.8 Å². The normalized spacial score (nSPS) is 10.4. The Labute approximate surface area is 168 Å². The van der Waals surface area contributed by atoms with Crippen LogP contribution < -0.4 is 11.5 Å². The van der Waals surface area contributed by atoms with E-state index in [1.807, 2.05) is 67.8 Å². The molecule has 0 aliphatic carbocycles. The number of primary amides is 2. The second-order valence-corrected chi connectivity index (χ2v) is 7.52. The Morgan fingerprint density at radius 2 is 1.32 bits per heavy atom. The van der Waals surface area contributed by atoms with Crippen molar-refractivity contribution >= 4 is 85.6 Å². The van der Waals surface area contributed by atoms with Crippen LogP contribution in [0.25, 0.3) is 0 Å². The fraction of sp³-hybridized carbons (Fsp3) is 0.308. The maximum atomic E-state index is 12.2. The number of ether oxygens (including phenoxy) is 1. The highest BCUT2D eigenvalue weighted by Gasteiger charge is 2.26. The highest BCUT2D eigenvalue weighted by molar-refractivity contribution is 14.1. The molecular weight excluding hydrogens is 629 g/mol. The molecular formula is C13H13I3N2O4. The Morgan fingerprint density at radius 3 is 1.64 bits per heavy atom. The molecule has 0 aromatic heterocycles. The summed E-state index contributed by atoms with van der Waals surface area (Å²) in [6.45, 7) is 1.94. The van der Waals surface area contributed by atoms with Crippen LogP contribution in [0.5, 0.6) is 0 Å². The second kappa shape index (κ2) is 8.61. The molecule has 0 radical (unpaired) electrons. The summed E-state index contributed by atoms with van der Waals surface area (Å²) >= 11 is 6.04. The van der Waals surface area contributed by atoms with Gasteiger partial charge in [-0.15, -0.1) is 0 Å². The van der Waals surface area contributed by atoms with Crippen LogP contribution in [0.2, 0.25) is 0 Å². The van der Waals surface area contributed by atoms with Gasteiger partial charge in [0, 0.05) is 10.7 Å². The molecule has 6 nitrogen and oxygen atoms in total. The molecule has 1 aromatic carbocycles. The van der Waals surface area contributed by atoms with Gasteiger partial charge in [-0.3, -0.25) is 9.59 Å². The van der Waals surface area contributed by atoms with Crippen molar-refractivity contribution in [3.05, 3.63) is 27.4 Å². The van der Waals surface area contributed by atoms with Gasteiger partial charge in [-0.25, -0.2) is 4.79 Å². The second-order valence-electron chi connectivity index (χ2n) is 4.28. The maximum absolute atomic E-state index is 12.2. The lowest BCUT2D eigenvalue weighted by Gasteiger charge is -2.17. The van der Waals surface area contributed by atoms with Crippen molar-refractivity contribution in [2.24, 2.45) is 11.5 Å². The molecule has 120 valence electrons. The molecule has 2 amide bonds. The SMILES string of the molecule is CCOC(=O)c1c(I)c(CC(N)=O)c(I)c(CC(N)=O)c1I. The van der Waals surface area contributed by atoms with E-state index in [0.29, 0.717) is 23.8 Å². The minimum Gasteiger partial charge on any atom is -0.462 e. The Bertz CT molecular complexity index is 604. The smallest absolute Gasteiger partial charge is 0.340 e. The first-order chi connectivity index (χ1) is 10.2. The molecule has 0 saturated carbocycles. The Balaban J connectivity index is 3.64. The lowest BCUT2D eigenvalue weighted by molar-refractivity contribution is -0.118. The van der Waals surface area contributed by atoms with Crippen LogP contribution >= 0.6 is 67.8 Å². The lowest BCUT2D eigenvalue weighted by Crippen LogP contribution is -2.22. The van der Waals surface area contributed by atoms with E-state index >= 15 is 0 Å². The van der Waals surface area contributed by atoms with Crippen LogP contribution in [-0.4, -0.2) is 24.4 Å². The monoisotopic (exact) mass is 642 g/mol. The number of rotatable bonds is 6. The number of amides is 2. The standard InChI is InChI=1S/C13H13I3N2O4/c1-2-22-13(21)9-11(15)5(3-7(17)19)10(14)6(12(9)16)4-8(18)20/h2-4H2,1H3,(H2,17,19)(H2,18,20). The van der Waals surface area contributed by atoms with Crippen LogP contribution in [0, 0.1) is 10.7 Å². The first-order valence-corrected chi connectivity index (χ1v) is 9.36. The molecule has 0 spiro atoms. The molecule has 4 N–H and O–H groups in total. The summed E-state index contributed by atoms with van der Waals surface area (Å²) in [6.07, 6.45) is -0.0444. The molecule has 0 atom stereocenters. The van der Waals surface area contributed by atoms with Crippen molar-refractivity contribution < 1.29 is 19.1 Å². The van der Waals surface area contributed by atoms with Crippen LogP contribution in [0.4, 0.5) is 0 Å². The predicted molar refractivity (Wildman–Crippen MR) is 106 cm³/mol. The third kappa shape index (κ3) is 4.66. The van der Waals surface area contributed by atoms with Gasteiger partial charge < -0.3 is 16.2 Å². The summed E-state index contributed by atoms with van der Waals surface area (Å²) in [5.41, 5.74) is 12.1. The summed E-state index contributed by atoms with van der Waals surface area (Å²) < 4.78 is 7.00. The van der Waals surface area contributed by atoms with Crippen molar-refractivity contribution in [1.29, 1.82) is 0 Å². The van der Waals surface area contributed by atoms with E-state index < -0.39 is 17.8 Å². The average Bonchev–Trinajstić information content (AvgIpc) is 2.39. The molecule has 9 heteroatoms. The number of carbonyl (C=O) groups is 3. The number of esters is 1. The van der Waals surface area contributed by atoms with Gasteiger partial charge in [0.25, 0.3) is 0 Å². The summed E-state index contributed by atoms with van der Waals surface area (Å²) in [6, 6.07) is 0. The van der Waals surface area contributed by atoms with Gasteiger partial charge >= 0.3 is 5.97 Å². The third-order valence-corrected chi connectivity index (χ3v) is 6.36. The quantitative estimate of drug-likeness (QED) is 0.364. The van der Waals surface area contributed by atoms with E-state index in [2.05, 4.69) is 0 Å². The van der Waals surface area contributed by atoms with Gasteiger partial charge in [0.1, 0.15) is 0 Å². The molecule has 1 rings (SSSR count). The van der Waals surface area contributed by atoms with Crippen molar-refractivity contribution in [3.63, 3.8) is 0 Å². The number of nitrogens with two attached hydrogens (primary N) is 2. The highest BCUT2D eigenvalue weighted by atomic mass is 127. The van der Waals surface area contributed by atoms with Crippen LogP contribution in [0.15, 0.2) is 0 Å². The topological polar surface area (TPSA) is 112 Å². The summed E-state index contributed by atoms with van der Waals surface area (Å²) in [7, 11) is 0. The molecule has 0 bridgehead atoms. The molecule has 22 heavy (non-hydrogen) atoms. The largest absolute Gasteiger partial charge is 0.462 e. The minimum absolute atomic E-state index is 0.0222. The summed E-state index contributed by atoms with van der Waals surface area (Å²) in [5, 5.41) is 0. The minimum atomic E-state index is -0.517. The fourth-order valence-electron chi connectivity index (χ4n) is 1.81. The van der Waals surface area contributed by atoms with E-state index in [4.69, 9.17) is 16.2 Å². The summed E-state index contributed by atoms with van der Waals surface area (Å²) in [4.78, 5) is 34.8. The molecule has 1 aromatic rings. The van der Waals surface area contributed by atoms with Gasteiger partial charge in [-0.1, -0.05) is 0 Å². The summed E-state index contributed by atoms with van der Waals surface area (Å²) in [5.74, 6) is -1.53. The Kier molecular flexibility index (Phi) is 7.78. The van der Waals surface area contributed by atoms with E-state index in [9.17, 15) is 14.4 Å². The highest BCUT2D eigenvalue weighted by Crippen LogP contribution is 2.33. The lowest BCUT2D eigenvalue weighted by atomic mass is 10.0. The molecule has 0 saturated heterocycles.